The zero-order valence-corrected chi connectivity index (χ0v) is 14.5. The first-order valence-electron chi connectivity index (χ1n) is 7.75. The van der Waals surface area contributed by atoms with Crippen LogP contribution in [0.3, 0.4) is 0 Å². The third kappa shape index (κ3) is 2.67. The first-order chi connectivity index (χ1) is 11.8. The second-order valence-electron chi connectivity index (χ2n) is 6.06. The molecule has 0 aliphatic rings. The molecular formula is C18H19N3O4. The van der Waals surface area contributed by atoms with Crippen molar-refractivity contribution in [1.29, 1.82) is 0 Å². The second-order valence-corrected chi connectivity index (χ2v) is 6.06. The number of carboxylic acid groups (broad SMARTS) is 1. The standard InChI is InChI=1S/C18H19N3O4/c1-10-5-6-11-16(15(10)20(2)3)21(9-14(22)23)18-12(17(11)24)7-8-13(19-18)25-4/h5-8H,9H2,1-4H3,(H,22,23). The molecule has 0 spiro atoms. The van der Waals surface area contributed by atoms with E-state index in [0.29, 0.717) is 27.8 Å². The van der Waals surface area contributed by atoms with Gasteiger partial charge in [0.2, 0.25) is 5.88 Å². The van der Waals surface area contributed by atoms with Crippen LogP contribution in [0.15, 0.2) is 29.1 Å². The maximum Gasteiger partial charge on any atom is 0.323 e. The summed E-state index contributed by atoms with van der Waals surface area (Å²) in [6, 6.07) is 6.83. The molecule has 2 aromatic heterocycles. The summed E-state index contributed by atoms with van der Waals surface area (Å²) >= 11 is 0. The summed E-state index contributed by atoms with van der Waals surface area (Å²) in [6.45, 7) is 1.62. The summed E-state index contributed by atoms with van der Waals surface area (Å²) in [5.74, 6) is -0.688. The van der Waals surface area contributed by atoms with Gasteiger partial charge in [-0.25, -0.2) is 0 Å². The van der Waals surface area contributed by atoms with E-state index >= 15 is 0 Å². The van der Waals surface area contributed by atoms with Crippen molar-refractivity contribution in [3.63, 3.8) is 0 Å². The smallest absolute Gasteiger partial charge is 0.323 e. The van der Waals surface area contributed by atoms with Crippen LogP contribution in [0.4, 0.5) is 5.69 Å². The Hall–Kier alpha value is -3.09. The van der Waals surface area contributed by atoms with Crippen LogP contribution in [0.25, 0.3) is 21.9 Å². The van der Waals surface area contributed by atoms with Gasteiger partial charge in [0, 0.05) is 25.5 Å². The molecule has 0 aliphatic carbocycles. The van der Waals surface area contributed by atoms with Crippen LogP contribution in [0.2, 0.25) is 0 Å². The molecule has 0 amide bonds. The zero-order valence-electron chi connectivity index (χ0n) is 14.5. The van der Waals surface area contributed by atoms with Crippen LogP contribution in [0.1, 0.15) is 5.56 Å². The largest absolute Gasteiger partial charge is 0.481 e. The van der Waals surface area contributed by atoms with E-state index in [-0.39, 0.29) is 12.0 Å². The molecule has 0 radical (unpaired) electrons. The number of rotatable bonds is 4. The average molecular weight is 341 g/mol. The van der Waals surface area contributed by atoms with E-state index in [0.717, 1.165) is 11.3 Å². The minimum atomic E-state index is -1.01. The Morgan fingerprint density at radius 1 is 1.24 bits per heavy atom. The van der Waals surface area contributed by atoms with Gasteiger partial charge in [-0.3, -0.25) is 9.59 Å². The van der Waals surface area contributed by atoms with Gasteiger partial charge in [-0.05, 0) is 24.6 Å². The first kappa shape index (κ1) is 16.8. The van der Waals surface area contributed by atoms with E-state index in [1.807, 2.05) is 32.0 Å². The van der Waals surface area contributed by atoms with Crippen molar-refractivity contribution >= 4 is 33.6 Å². The van der Waals surface area contributed by atoms with Gasteiger partial charge in [-0.1, -0.05) is 6.07 Å². The molecule has 1 aromatic carbocycles. The molecule has 7 heteroatoms. The summed E-state index contributed by atoms with van der Waals surface area (Å²) in [7, 11) is 5.20. The fourth-order valence-electron chi connectivity index (χ4n) is 3.17. The van der Waals surface area contributed by atoms with Gasteiger partial charge >= 0.3 is 5.97 Å². The number of benzene rings is 1. The van der Waals surface area contributed by atoms with Crippen LogP contribution in [0.5, 0.6) is 5.88 Å². The normalized spacial score (nSPS) is 11.0. The van der Waals surface area contributed by atoms with Crippen LogP contribution in [-0.4, -0.2) is 41.8 Å². The number of carbonyl (C=O) groups is 1. The summed E-state index contributed by atoms with van der Waals surface area (Å²) in [6.07, 6.45) is 0. The Morgan fingerprint density at radius 3 is 2.52 bits per heavy atom. The van der Waals surface area contributed by atoms with Crippen LogP contribution in [-0.2, 0) is 11.3 Å². The highest BCUT2D eigenvalue weighted by atomic mass is 16.5. The molecule has 0 saturated heterocycles. The van der Waals surface area contributed by atoms with E-state index in [1.165, 1.54) is 7.11 Å². The van der Waals surface area contributed by atoms with Gasteiger partial charge in [0.05, 0.1) is 23.7 Å². The van der Waals surface area contributed by atoms with Gasteiger partial charge in [-0.15, -0.1) is 0 Å². The number of carboxylic acids is 1. The number of aromatic nitrogens is 2. The maximum atomic E-state index is 13.0. The number of pyridine rings is 2. The third-order valence-electron chi connectivity index (χ3n) is 4.17. The highest BCUT2D eigenvalue weighted by Crippen LogP contribution is 2.30. The number of hydrogen-bond donors (Lipinski definition) is 1. The number of fused-ring (bicyclic) bond motifs is 2. The lowest BCUT2D eigenvalue weighted by Crippen LogP contribution is -2.20. The van der Waals surface area contributed by atoms with Gasteiger partial charge < -0.3 is 19.3 Å². The highest BCUT2D eigenvalue weighted by molar-refractivity contribution is 6.00. The van der Waals surface area contributed by atoms with Gasteiger partial charge in [-0.2, -0.15) is 4.98 Å². The van der Waals surface area contributed by atoms with E-state index in [1.54, 1.807) is 22.8 Å². The fraction of sp³-hybridized carbons (Fsp3) is 0.278. The Morgan fingerprint density at radius 2 is 1.92 bits per heavy atom. The van der Waals surface area contributed by atoms with E-state index in [2.05, 4.69) is 4.98 Å². The molecule has 0 unspecified atom stereocenters. The van der Waals surface area contributed by atoms with Crippen LogP contribution >= 0.6 is 0 Å². The maximum absolute atomic E-state index is 13.0. The number of anilines is 1. The van der Waals surface area contributed by atoms with Gasteiger partial charge in [0.15, 0.2) is 5.43 Å². The average Bonchev–Trinajstić information content (AvgIpc) is 2.57. The van der Waals surface area contributed by atoms with Crippen LogP contribution in [0, 0.1) is 6.92 Å². The van der Waals surface area contributed by atoms with E-state index in [9.17, 15) is 14.7 Å². The Labute approximate surface area is 144 Å². The molecule has 1 N–H and O–H groups in total. The third-order valence-corrected chi connectivity index (χ3v) is 4.17. The minimum Gasteiger partial charge on any atom is -0.481 e. The highest BCUT2D eigenvalue weighted by Gasteiger charge is 2.19. The Bertz CT molecular complexity index is 1050. The molecule has 3 aromatic rings. The molecule has 0 bridgehead atoms. The van der Waals surface area contributed by atoms with Crippen molar-refractivity contribution in [1.82, 2.24) is 9.55 Å². The summed E-state index contributed by atoms with van der Waals surface area (Å²) in [5.41, 5.74) is 2.42. The second kappa shape index (κ2) is 6.08. The number of methoxy groups -OCH3 is 1. The van der Waals surface area contributed by atoms with Crippen molar-refractivity contribution in [2.24, 2.45) is 0 Å². The van der Waals surface area contributed by atoms with Gasteiger partial charge in [0.1, 0.15) is 12.2 Å². The first-order valence-corrected chi connectivity index (χ1v) is 7.75. The predicted molar refractivity (Wildman–Crippen MR) is 96.8 cm³/mol. The van der Waals surface area contributed by atoms with E-state index in [4.69, 9.17) is 4.74 Å². The van der Waals surface area contributed by atoms with Crippen molar-refractivity contribution < 1.29 is 14.6 Å². The lowest BCUT2D eigenvalue weighted by atomic mass is 10.1. The zero-order chi connectivity index (χ0) is 18.3. The lowest BCUT2D eigenvalue weighted by molar-refractivity contribution is -0.137. The predicted octanol–water partition coefficient (Wildman–Crippen LogP) is 2.02. The van der Waals surface area contributed by atoms with Crippen molar-refractivity contribution in [3.8, 4) is 5.88 Å². The van der Waals surface area contributed by atoms with E-state index < -0.39 is 5.97 Å². The monoisotopic (exact) mass is 341 g/mol. The Balaban J connectivity index is 2.62. The minimum absolute atomic E-state index is 0.176. The van der Waals surface area contributed by atoms with Gasteiger partial charge in [0.25, 0.3) is 0 Å². The fourth-order valence-corrected chi connectivity index (χ4v) is 3.17. The van der Waals surface area contributed by atoms with Crippen LogP contribution < -0.4 is 15.1 Å². The van der Waals surface area contributed by atoms with Crippen molar-refractivity contribution in [2.45, 2.75) is 13.5 Å². The topological polar surface area (TPSA) is 84.7 Å². The summed E-state index contributed by atoms with van der Waals surface area (Å²) in [4.78, 5) is 30.7. The number of hydrogen-bond acceptors (Lipinski definition) is 5. The molecule has 7 nitrogen and oxygen atoms in total. The number of nitrogens with zero attached hydrogens (tertiary/aromatic N) is 3. The SMILES string of the molecule is COc1ccc2c(=O)c3ccc(C)c(N(C)C)c3n(CC(=O)O)c2n1. The molecule has 0 atom stereocenters. The quantitative estimate of drug-likeness (QED) is 0.731. The van der Waals surface area contributed by atoms with Crippen molar-refractivity contribution in [2.75, 3.05) is 26.1 Å². The number of aliphatic carboxylic acids is 1. The van der Waals surface area contributed by atoms with Crippen molar-refractivity contribution in [3.05, 3.63) is 40.1 Å². The molecular weight excluding hydrogens is 322 g/mol. The molecule has 0 aliphatic heterocycles. The lowest BCUT2D eigenvalue weighted by Gasteiger charge is -2.22. The molecule has 130 valence electrons. The number of ether oxygens (including phenoxy) is 1. The molecule has 0 fully saturated rings. The summed E-state index contributed by atoms with van der Waals surface area (Å²) in [5, 5.41) is 10.2. The molecule has 25 heavy (non-hydrogen) atoms. The Kier molecular flexibility index (Phi) is 4.08. The number of aryl methyl sites for hydroxylation is 1. The molecule has 2 heterocycles. The molecule has 0 saturated carbocycles. The molecule has 3 rings (SSSR count). The summed E-state index contributed by atoms with van der Waals surface area (Å²) < 4.78 is 6.72.